The number of nitrogens with one attached hydrogen (secondary N) is 1. The number of rotatable bonds is 4. The number of benzene rings is 1. The van der Waals surface area contributed by atoms with Crippen LogP contribution < -0.4 is 15.4 Å². The highest BCUT2D eigenvalue weighted by molar-refractivity contribution is 6.33. The van der Waals surface area contributed by atoms with E-state index in [1.54, 1.807) is 6.20 Å². The zero-order valence-electron chi connectivity index (χ0n) is 14.5. The number of H-pyrrole nitrogens is 1. The largest absolute Gasteiger partial charge is 0.358 e. The van der Waals surface area contributed by atoms with Crippen molar-refractivity contribution in [3.63, 3.8) is 0 Å². The van der Waals surface area contributed by atoms with Crippen LogP contribution in [-0.2, 0) is 13.1 Å². The van der Waals surface area contributed by atoms with Gasteiger partial charge in [-0.3, -0.25) is 4.79 Å². The summed E-state index contributed by atoms with van der Waals surface area (Å²) < 4.78 is 0. The van der Waals surface area contributed by atoms with E-state index in [0.717, 1.165) is 16.9 Å². The normalized spacial score (nSPS) is 12.9. The molecule has 0 fully saturated rings. The maximum atomic E-state index is 11.7. The molecule has 3 heterocycles. The zero-order valence-corrected chi connectivity index (χ0v) is 16.0. The molecule has 0 radical (unpaired) electrons. The molecule has 1 aliphatic rings. The maximum absolute atomic E-state index is 11.7. The van der Waals surface area contributed by atoms with E-state index in [1.165, 1.54) is 0 Å². The van der Waals surface area contributed by atoms with Crippen LogP contribution in [0.3, 0.4) is 0 Å². The van der Waals surface area contributed by atoms with Gasteiger partial charge < -0.3 is 9.80 Å². The quantitative estimate of drug-likeness (QED) is 0.718. The number of para-hydroxylation sites is 1. The molecule has 3 aromatic rings. The fraction of sp³-hybridized carbons (Fsp3) is 0.222. The van der Waals surface area contributed by atoms with Crippen molar-refractivity contribution in [1.29, 1.82) is 0 Å². The SMILES string of the molecule is CCN(c1ncc2c(n1)CN(c1cn[nH]c(=O)c1Cl)C2)c1ccccc1Cl. The molecule has 1 aromatic carbocycles. The third-order valence-electron chi connectivity index (χ3n) is 4.46. The van der Waals surface area contributed by atoms with Gasteiger partial charge in [-0.15, -0.1) is 0 Å². The summed E-state index contributed by atoms with van der Waals surface area (Å²) in [4.78, 5) is 24.9. The molecule has 0 bridgehead atoms. The summed E-state index contributed by atoms with van der Waals surface area (Å²) in [5, 5.41) is 6.93. The number of fused-ring (bicyclic) bond motifs is 1. The van der Waals surface area contributed by atoms with Crippen molar-refractivity contribution in [2.45, 2.75) is 20.0 Å². The molecule has 4 rings (SSSR count). The predicted octanol–water partition coefficient (Wildman–Crippen LogP) is 3.54. The van der Waals surface area contributed by atoms with Gasteiger partial charge in [-0.05, 0) is 19.1 Å². The monoisotopic (exact) mass is 402 g/mol. The van der Waals surface area contributed by atoms with Crippen molar-refractivity contribution in [2.24, 2.45) is 0 Å². The van der Waals surface area contributed by atoms with Crippen molar-refractivity contribution >= 4 is 40.5 Å². The van der Waals surface area contributed by atoms with E-state index >= 15 is 0 Å². The van der Waals surface area contributed by atoms with E-state index < -0.39 is 5.56 Å². The van der Waals surface area contributed by atoms with E-state index in [0.29, 0.717) is 36.3 Å². The van der Waals surface area contributed by atoms with Gasteiger partial charge in [0.1, 0.15) is 5.02 Å². The second kappa shape index (κ2) is 7.17. The minimum Gasteiger partial charge on any atom is -0.358 e. The molecular weight excluding hydrogens is 387 g/mol. The second-order valence-corrected chi connectivity index (χ2v) is 6.88. The van der Waals surface area contributed by atoms with Gasteiger partial charge in [0.25, 0.3) is 5.56 Å². The van der Waals surface area contributed by atoms with Crippen molar-refractivity contribution < 1.29 is 0 Å². The van der Waals surface area contributed by atoms with Crippen LogP contribution in [0.1, 0.15) is 18.2 Å². The van der Waals surface area contributed by atoms with Gasteiger partial charge in [-0.1, -0.05) is 35.3 Å². The molecule has 27 heavy (non-hydrogen) atoms. The van der Waals surface area contributed by atoms with Crippen LogP contribution >= 0.6 is 23.2 Å². The van der Waals surface area contributed by atoms with Crippen LogP contribution in [-0.4, -0.2) is 26.7 Å². The summed E-state index contributed by atoms with van der Waals surface area (Å²) in [6.07, 6.45) is 3.36. The molecular formula is C18H16Cl2N6O. The number of hydrogen-bond donors (Lipinski definition) is 1. The van der Waals surface area contributed by atoms with E-state index in [-0.39, 0.29) is 5.02 Å². The third kappa shape index (κ3) is 3.24. The Morgan fingerprint density at radius 2 is 2.04 bits per heavy atom. The molecule has 2 aromatic heterocycles. The van der Waals surface area contributed by atoms with Gasteiger partial charge in [0.05, 0.1) is 34.8 Å². The Bertz CT molecular complexity index is 1050. The molecule has 1 aliphatic heterocycles. The Balaban J connectivity index is 1.66. The van der Waals surface area contributed by atoms with Crippen LogP contribution in [0.25, 0.3) is 0 Å². The van der Waals surface area contributed by atoms with Gasteiger partial charge in [0, 0.05) is 24.8 Å². The molecule has 1 N–H and O–H groups in total. The Morgan fingerprint density at radius 3 is 2.81 bits per heavy atom. The van der Waals surface area contributed by atoms with Crippen LogP contribution in [0, 0.1) is 0 Å². The summed E-state index contributed by atoms with van der Waals surface area (Å²) in [5.74, 6) is 0.585. The first-order valence-corrected chi connectivity index (χ1v) is 9.19. The van der Waals surface area contributed by atoms with E-state index in [1.807, 2.05) is 47.2 Å². The lowest BCUT2D eigenvalue weighted by Gasteiger charge is -2.22. The number of anilines is 3. The number of hydrogen-bond acceptors (Lipinski definition) is 6. The smallest absolute Gasteiger partial charge is 0.285 e. The van der Waals surface area contributed by atoms with E-state index in [9.17, 15) is 4.79 Å². The first-order valence-electron chi connectivity index (χ1n) is 8.43. The van der Waals surface area contributed by atoms with Gasteiger partial charge >= 0.3 is 0 Å². The fourth-order valence-electron chi connectivity index (χ4n) is 3.13. The summed E-state index contributed by atoms with van der Waals surface area (Å²) in [6, 6.07) is 7.61. The molecule has 9 heteroatoms. The van der Waals surface area contributed by atoms with Crippen molar-refractivity contribution in [3.05, 3.63) is 68.3 Å². The van der Waals surface area contributed by atoms with Crippen LogP contribution in [0.4, 0.5) is 17.3 Å². The lowest BCUT2D eigenvalue weighted by atomic mass is 10.2. The minimum absolute atomic E-state index is 0.122. The second-order valence-electron chi connectivity index (χ2n) is 6.09. The van der Waals surface area contributed by atoms with Crippen molar-refractivity contribution in [1.82, 2.24) is 20.2 Å². The molecule has 0 saturated heterocycles. The molecule has 0 spiro atoms. The number of aromatic amines is 1. The van der Waals surface area contributed by atoms with Crippen molar-refractivity contribution in [2.75, 3.05) is 16.3 Å². The lowest BCUT2D eigenvalue weighted by Crippen LogP contribution is -2.20. The maximum Gasteiger partial charge on any atom is 0.285 e. The van der Waals surface area contributed by atoms with Crippen LogP contribution in [0.15, 0.2) is 41.5 Å². The minimum atomic E-state index is -0.409. The first-order chi connectivity index (χ1) is 13.1. The number of halogens is 2. The third-order valence-corrected chi connectivity index (χ3v) is 5.15. The molecule has 0 atom stereocenters. The average molecular weight is 403 g/mol. The van der Waals surface area contributed by atoms with Gasteiger partial charge in [0.2, 0.25) is 5.95 Å². The molecule has 0 saturated carbocycles. The van der Waals surface area contributed by atoms with Crippen LogP contribution in [0.5, 0.6) is 0 Å². The van der Waals surface area contributed by atoms with Gasteiger partial charge in [-0.2, -0.15) is 5.10 Å². The van der Waals surface area contributed by atoms with Gasteiger partial charge in [0.15, 0.2) is 0 Å². The summed E-state index contributed by atoms with van der Waals surface area (Å²) >= 11 is 12.5. The Labute approximate surface area is 165 Å². The van der Waals surface area contributed by atoms with E-state index in [2.05, 4.69) is 15.2 Å². The first kappa shape index (κ1) is 17.8. The van der Waals surface area contributed by atoms with Crippen molar-refractivity contribution in [3.8, 4) is 0 Å². The average Bonchev–Trinajstić information content (AvgIpc) is 3.09. The standard InChI is InChI=1S/C18H16Cl2N6O/c1-2-26(14-6-4-3-5-12(14)19)18-21-7-11-9-25(10-13(11)23-18)15-8-22-24-17(27)16(15)20/h3-8H,2,9-10H2,1H3,(H,24,27). The van der Waals surface area contributed by atoms with Gasteiger partial charge in [-0.25, -0.2) is 15.1 Å². The lowest BCUT2D eigenvalue weighted by molar-refractivity contribution is 0.849. The highest BCUT2D eigenvalue weighted by Gasteiger charge is 2.25. The van der Waals surface area contributed by atoms with Crippen LogP contribution in [0.2, 0.25) is 10.0 Å². The number of nitrogens with zero attached hydrogens (tertiary/aromatic N) is 5. The molecule has 0 unspecified atom stereocenters. The predicted molar refractivity (Wildman–Crippen MR) is 106 cm³/mol. The molecule has 138 valence electrons. The topological polar surface area (TPSA) is 78.0 Å². The Kier molecular flexibility index (Phi) is 4.72. The van der Waals surface area contributed by atoms with E-state index in [4.69, 9.17) is 28.2 Å². The highest BCUT2D eigenvalue weighted by Crippen LogP contribution is 2.33. The molecule has 0 aliphatic carbocycles. The molecule has 7 nitrogen and oxygen atoms in total. The summed E-state index contributed by atoms with van der Waals surface area (Å²) in [7, 11) is 0. The highest BCUT2D eigenvalue weighted by atomic mass is 35.5. The number of aromatic nitrogens is 4. The summed E-state index contributed by atoms with van der Waals surface area (Å²) in [5.41, 5.74) is 2.91. The molecule has 0 amide bonds. The zero-order chi connectivity index (χ0) is 19.0. The summed E-state index contributed by atoms with van der Waals surface area (Å²) in [6.45, 7) is 3.79. The Hall–Kier alpha value is -2.64. The Morgan fingerprint density at radius 1 is 1.22 bits per heavy atom. The fourth-order valence-corrected chi connectivity index (χ4v) is 3.58.